The molecule has 1 N–H and O–H groups in total. The summed E-state index contributed by atoms with van der Waals surface area (Å²) >= 11 is 0. The Balaban J connectivity index is 2.37. The molecule has 0 saturated carbocycles. The molecule has 17 heavy (non-hydrogen) atoms. The molecule has 0 aromatic heterocycles. The van der Waals surface area contributed by atoms with Crippen molar-refractivity contribution in [2.45, 2.75) is 12.5 Å². The van der Waals surface area contributed by atoms with Gasteiger partial charge in [0.25, 0.3) is 0 Å². The molecule has 0 saturated heterocycles. The molecule has 0 amide bonds. The third kappa shape index (κ3) is 2.32. The van der Waals surface area contributed by atoms with Gasteiger partial charge in [-0.25, -0.2) is 0 Å². The number of benzene rings is 2. The van der Waals surface area contributed by atoms with Crippen molar-refractivity contribution in [3.63, 3.8) is 0 Å². The van der Waals surface area contributed by atoms with Gasteiger partial charge in [-0.05, 0) is 30.2 Å². The fraction of sp³-hybridized carbons (Fsp3) is 0.200. The molecule has 2 aromatic rings. The first-order valence-corrected chi connectivity index (χ1v) is 5.57. The van der Waals surface area contributed by atoms with E-state index in [4.69, 9.17) is 4.74 Å². The third-order valence-electron chi connectivity index (χ3n) is 2.99. The Hall–Kier alpha value is -1.80. The molecular weight excluding hydrogens is 212 g/mol. The van der Waals surface area contributed by atoms with Crippen LogP contribution >= 0.6 is 0 Å². The van der Waals surface area contributed by atoms with Crippen molar-refractivity contribution in [3.8, 4) is 5.75 Å². The summed E-state index contributed by atoms with van der Waals surface area (Å²) in [6.45, 7) is 1.80. The van der Waals surface area contributed by atoms with E-state index < -0.39 is 5.60 Å². The Bertz CT molecular complexity index is 472. The lowest BCUT2D eigenvalue weighted by molar-refractivity contribution is 0.102. The number of hydrogen-bond donors (Lipinski definition) is 1. The lowest BCUT2D eigenvalue weighted by atomic mass is 9.88. The van der Waals surface area contributed by atoms with E-state index in [1.807, 2.05) is 54.6 Å². The maximum atomic E-state index is 10.6. The molecule has 0 radical (unpaired) electrons. The molecule has 2 heteroatoms. The van der Waals surface area contributed by atoms with Crippen molar-refractivity contribution in [2.24, 2.45) is 0 Å². The summed E-state index contributed by atoms with van der Waals surface area (Å²) in [5, 5.41) is 10.6. The molecule has 88 valence electrons. The second-order valence-corrected chi connectivity index (χ2v) is 4.17. The minimum atomic E-state index is -0.979. The fourth-order valence-corrected chi connectivity index (χ4v) is 1.84. The SMILES string of the molecule is COc1ccc([C@](C)(O)c2ccccc2)cc1. The molecule has 0 aliphatic heterocycles. The summed E-state index contributed by atoms with van der Waals surface area (Å²) in [5.74, 6) is 0.789. The standard InChI is InChI=1S/C15H16O2/c1-15(16,12-6-4-3-5-7-12)13-8-10-14(17-2)11-9-13/h3-11,16H,1-2H3/t15-/m1/s1. The predicted octanol–water partition coefficient (Wildman–Crippen LogP) is 2.95. The lowest BCUT2D eigenvalue weighted by Gasteiger charge is -2.24. The summed E-state index contributed by atoms with van der Waals surface area (Å²) in [6, 6.07) is 17.1. The quantitative estimate of drug-likeness (QED) is 0.875. The normalized spacial score (nSPS) is 14.1. The molecular formula is C15H16O2. The van der Waals surface area contributed by atoms with Crippen molar-refractivity contribution in [3.05, 3.63) is 65.7 Å². The predicted molar refractivity (Wildman–Crippen MR) is 68.1 cm³/mol. The van der Waals surface area contributed by atoms with Gasteiger partial charge < -0.3 is 9.84 Å². The highest BCUT2D eigenvalue weighted by molar-refractivity contribution is 5.37. The van der Waals surface area contributed by atoms with Gasteiger partial charge >= 0.3 is 0 Å². The topological polar surface area (TPSA) is 29.5 Å². The van der Waals surface area contributed by atoms with Crippen LogP contribution in [0.3, 0.4) is 0 Å². The molecule has 0 unspecified atom stereocenters. The molecule has 0 aliphatic rings. The van der Waals surface area contributed by atoms with Crippen LogP contribution in [-0.4, -0.2) is 12.2 Å². The summed E-state index contributed by atoms with van der Waals surface area (Å²) in [6.07, 6.45) is 0. The van der Waals surface area contributed by atoms with Crippen LogP contribution in [0.25, 0.3) is 0 Å². The number of rotatable bonds is 3. The second-order valence-electron chi connectivity index (χ2n) is 4.17. The molecule has 0 bridgehead atoms. The van der Waals surface area contributed by atoms with Crippen molar-refractivity contribution in [1.29, 1.82) is 0 Å². The zero-order chi connectivity index (χ0) is 12.3. The summed E-state index contributed by atoms with van der Waals surface area (Å²) in [5.41, 5.74) is 0.753. The molecule has 2 aromatic carbocycles. The number of methoxy groups -OCH3 is 1. The highest BCUT2D eigenvalue weighted by Crippen LogP contribution is 2.29. The van der Waals surface area contributed by atoms with Crippen molar-refractivity contribution in [2.75, 3.05) is 7.11 Å². The van der Waals surface area contributed by atoms with Gasteiger partial charge in [0.05, 0.1) is 7.11 Å². The molecule has 0 aliphatic carbocycles. The van der Waals surface area contributed by atoms with E-state index in [2.05, 4.69) is 0 Å². The largest absolute Gasteiger partial charge is 0.497 e. The van der Waals surface area contributed by atoms with Gasteiger partial charge in [0, 0.05) is 0 Å². The molecule has 2 rings (SSSR count). The third-order valence-corrected chi connectivity index (χ3v) is 2.99. The van der Waals surface area contributed by atoms with E-state index in [-0.39, 0.29) is 0 Å². The highest BCUT2D eigenvalue weighted by Gasteiger charge is 2.24. The molecule has 1 atom stereocenters. The summed E-state index contributed by atoms with van der Waals surface area (Å²) in [4.78, 5) is 0. The van der Waals surface area contributed by atoms with Crippen LogP contribution in [0, 0.1) is 0 Å². The van der Waals surface area contributed by atoms with Crippen LogP contribution in [0.1, 0.15) is 18.1 Å². The average Bonchev–Trinajstić information content (AvgIpc) is 2.40. The van der Waals surface area contributed by atoms with Gasteiger partial charge in [0.2, 0.25) is 0 Å². The van der Waals surface area contributed by atoms with Crippen LogP contribution in [0.4, 0.5) is 0 Å². The van der Waals surface area contributed by atoms with E-state index in [0.717, 1.165) is 16.9 Å². The molecule has 0 fully saturated rings. The number of hydrogen-bond acceptors (Lipinski definition) is 2. The monoisotopic (exact) mass is 228 g/mol. The van der Waals surface area contributed by atoms with Gasteiger partial charge in [-0.15, -0.1) is 0 Å². The van der Waals surface area contributed by atoms with Crippen LogP contribution < -0.4 is 4.74 Å². The van der Waals surface area contributed by atoms with Crippen LogP contribution in [0.2, 0.25) is 0 Å². The summed E-state index contributed by atoms with van der Waals surface area (Å²) in [7, 11) is 1.63. The van der Waals surface area contributed by atoms with E-state index in [1.54, 1.807) is 14.0 Å². The Kier molecular flexibility index (Phi) is 3.16. The Morgan fingerprint density at radius 1 is 0.882 bits per heavy atom. The highest BCUT2D eigenvalue weighted by atomic mass is 16.5. The van der Waals surface area contributed by atoms with Crippen molar-refractivity contribution >= 4 is 0 Å². The van der Waals surface area contributed by atoms with E-state index >= 15 is 0 Å². The smallest absolute Gasteiger partial charge is 0.118 e. The van der Waals surface area contributed by atoms with Crippen LogP contribution in [0.15, 0.2) is 54.6 Å². The van der Waals surface area contributed by atoms with Gasteiger partial charge in [-0.1, -0.05) is 42.5 Å². The van der Waals surface area contributed by atoms with Gasteiger partial charge in [-0.3, -0.25) is 0 Å². The minimum absolute atomic E-state index is 0.789. The van der Waals surface area contributed by atoms with E-state index in [9.17, 15) is 5.11 Å². The maximum Gasteiger partial charge on any atom is 0.118 e. The minimum Gasteiger partial charge on any atom is -0.497 e. The second kappa shape index (κ2) is 4.60. The lowest BCUT2D eigenvalue weighted by Crippen LogP contribution is -2.22. The van der Waals surface area contributed by atoms with Crippen LogP contribution in [0.5, 0.6) is 5.75 Å². The molecule has 0 spiro atoms. The van der Waals surface area contributed by atoms with Gasteiger partial charge in [0.1, 0.15) is 11.4 Å². The zero-order valence-electron chi connectivity index (χ0n) is 10.1. The van der Waals surface area contributed by atoms with Crippen molar-refractivity contribution < 1.29 is 9.84 Å². The number of ether oxygens (including phenoxy) is 1. The van der Waals surface area contributed by atoms with Gasteiger partial charge in [0.15, 0.2) is 0 Å². The first-order valence-electron chi connectivity index (χ1n) is 5.57. The Morgan fingerprint density at radius 3 is 1.94 bits per heavy atom. The average molecular weight is 228 g/mol. The number of aliphatic hydroxyl groups is 1. The first-order chi connectivity index (χ1) is 8.14. The molecule has 0 heterocycles. The van der Waals surface area contributed by atoms with Gasteiger partial charge in [-0.2, -0.15) is 0 Å². The van der Waals surface area contributed by atoms with E-state index in [1.165, 1.54) is 0 Å². The van der Waals surface area contributed by atoms with E-state index in [0.29, 0.717) is 0 Å². The van der Waals surface area contributed by atoms with Crippen molar-refractivity contribution in [1.82, 2.24) is 0 Å². The molecule has 2 nitrogen and oxygen atoms in total. The zero-order valence-corrected chi connectivity index (χ0v) is 10.1. The summed E-state index contributed by atoms with van der Waals surface area (Å²) < 4.78 is 5.11. The maximum absolute atomic E-state index is 10.6. The Morgan fingerprint density at radius 2 is 1.41 bits per heavy atom. The first kappa shape index (κ1) is 11.7. The van der Waals surface area contributed by atoms with Crippen LogP contribution in [-0.2, 0) is 5.60 Å². The Labute approximate surface area is 101 Å². The fourth-order valence-electron chi connectivity index (χ4n) is 1.84.